The number of thiazole rings is 1. The van der Waals surface area contributed by atoms with Gasteiger partial charge in [0.25, 0.3) is 5.91 Å². The number of alkyl halides is 3. The Morgan fingerprint density at radius 3 is 2.81 bits per heavy atom. The number of morpholine rings is 1. The molecule has 1 aliphatic rings. The first kappa shape index (κ1) is 22.3. The summed E-state index contributed by atoms with van der Waals surface area (Å²) in [6.45, 7) is 5.36. The van der Waals surface area contributed by atoms with E-state index in [1.165, 1.54) is 35.6 Å². The van der Waals surface area contributed by atoms with Gasteiger partial charge in [0.1, 0.15) is 17.3 Å². The average molecular weight is 467 g/mol. The lowest BCUT2D eigenvalue weighted by Gasteiger charge is -2.25. The van der Waals surface area contributed by atoms with Crippen molar-refractivity contribution in [2.75, 3.05) is 31.6 Å². The molecule has 3 aromatic rings. The number of rotatable bonds is 6. The van der Waals surface area contributed by atoms with E-state index < -0.39 is 12.3 Å². The zero-order valence-electron chi connectivity index (χ0n) is 17.1. The largest absolute Gasteiger partial charge is 0.573 e. The van der Waals surface area contributed by atoms with E-state index in [0.717, 1.165) is 18.8 Å². The predicted molar refractivity (Wildman–Crippen MR) is 112 cm³/mol. The number of aryl methyl sites for hydroxylation is 1. The highest BCUT2D eigenvalue weighted by atomic mass is 32.1. The molecular weight excluding hydrogens is 447 g/mol. The van der Waals surface area contributed by atoms with E-state index in [9.17, 15) is 18.0 Å². The van der Waals surface area contributed by atoms with Crippen LogP contribution in [0.2, 0.25) is 0 Å². The van der Waals surface area contributed by atoms with E-state index in [0.29, 0.717) is 36.2 Å². The molecule has 170 valence electrons. The fraction of sp³-hybridized carbons (Fsp3) is 0.333. The molecule has 3 heterocycles. The number of anilines is 1. The van der Waals surface area contributed by atoms with E-state index in [1.807, 2.05) is 5.38 Å². The summed E-state index contributed by atoms with van der Waals surface area (Å²) in [5, 5.41) is 5.11. The second-order valence-corrected chi connectivity index (χ2v) is 8.00. The summed E-state index contributed by atoms with van der Waals surface area (Å²) in [5.74, 6) is -0.185. The van der Waals surface area contributed by atoms with Gasteiger partial charge in [-0.25, -0.2) is 4.98 Å². The molecule has 1 aromatic carbocycles. The number of nitrogens with one attached hydrogen (secondary N) is 1. The number of furan rings is 1. The number of ether oxygens (including phenoxy) is 2. The quantitative estimate of drug-likeness (QED) is 0.567. The summed E-state index contributed by atoms with van der Waals surface area (Å²) in [5.41, 5.74) is 1.49. The molecule has 0 saturated carbocycles. The van der Waals surface area contributed by atoms with Crippen LogP contribution in [0.5, 0.6) is 5.75 Å². The molecule has 1 saturated heterocycles. The van der Waals surface area contributed by atoms with Crippen LogP contribution in [0, 0.1) is 6.92 Å². The van der Waals surface area contributed by atoms with Crippen LogP contribution in [-0.2, 0) is 11.3 Å². The number of hydrogen-bond acceptors (Lipinski definition) is 7. The summed E-state index contributed by atoms with van der Waals surface area (Å²) >= 11 is 1.32. The maximum atomic E-state index is 12.7. The first-order chi connectivity index (χ1) is 15.3. The fourth-order valence-corrected chi connectivity index (χ4v) is 3.98. The van der Waals surface area contributed by atoms with Crippen molar-refractivity contribution in [3.8, 4) is 17.1 Å². The standard InChI is InChI=1S/C21H20F3N3O4S/c1-13-17(10-18(30-13)14-3-2-4-16(9-14)31-21(22,23)24)19(28)26-20-25-15(12-32-20)11-27-5-7-29-8-6-27/h2-4,9-10,12H,5-8,11H2,1H3,(H,25,26,28). The van der Waals surface area contributed by atoms with Gasteiger partial charge in [0.05, 0.1) is 24.5 Å². The van der Waals surface area contributed by atoms with Crippen LogP contribution in [0.25, 0.3) is 11.3 Å². The lowest BCUT2D eigenvalue weighted by atomic mass is 10.1. The lowest BCUT2D eigenvalue weighted by molar-refractivity contribution is -0.274. The zero-order valence-corrected chi connectivity index (χ0v) is 17.9. The number of amides is 1. The van der Waals surface area contributed by atoms with Crippen LogP contribution in [0.1, 0.15) is 21.8 Å². The molecule has 1 amide bonds. The summed E-state index contributed by atoms with van der Waals surface area (Å²) in [6, 6.07) is 6.87. The lowest BCUT2D eigenvalue weighted by Crippen LogP contribution is -2.35. The Balaban J connectivity index is 1.44. The Labute approximate surface area is 185 Å². The van der Waals surface area contributed by atoms with Crippen molar-refractivity contribution in [1.82, 2.24) is 9.88 Å². The molecule has 1 aliphatic heterocycles. The van der Waals surface area contributed by atoms with Crippen molar-refractivity contribution < 1.29 is 31.9 Å². The van der Waals surface area contributed by atoms with Gasteiger partial charge in [-0.1, -0.05) is 12.1 Å². The zero-order chi connectivity index (χ0) is 22.7. The number of nitrogens with zero attached hydrogens (tertiary/aromatic N) is 2. The molecule has 1 N–H and O–H groups in total. The van der Waals surface area contributed by atoms with Gasteiger partial charge in [-0.3, -0.25) is 15.0 Å². The Hall–Kier alpha value is -2.89. The van der Waals surface area contributed by atoms with E-state index in [2.05, 4.69) is 19.9 Å². The van der Waals surface area contributed by atoms with Crippen LogP contribution in [0.15, 0.2) is 40.1 Å². The minimum atomic E-state index is -4.79. The molecule has 32 heavy (non-hydrogen) atoms. The van der Waals surface area contributed by atoms with Gasteiger partial charge >= 0.3 is 6.36 Å². The maximum Gasteiger partial charge on any atom is 0.573 e. The number of benzene rings is 1. The van der Waals surface area contributed by atoms with Crippen molar-refractivity contribution in [3.05, 3.63) is 52.7 Å². The average Bonchev–Trinajstić information content (AvgIpc) is 3.34. The molecular formula is C21H20F3N3O4S. The smallest absolute Gasteiger partial charge is 0.461 e. The molecule has 4 rings (SSSR count). The third kappa shape index (κ3) is 5.67. The fourth-order valence-electron chi connectivity index (χ4n) is 3.29. The molecule has 7 nitrogen and oxygen atoms in total. The summed E-state index contributed by atoms with van der Waals surface area (Å²) in [7, 11) is 0. The highest BCUT2D eigenvalue weighted by Gasteiger charge is 2.31. The summed E-state index contributed by atoms with van der Waals surface area (Å²) < 4.78 is 52.3. The maximum absolute atomic E-state index is 12.7. The van der Waals surface area contributed by atoms with Crippen molar-refractivity contribution in [1.29, 1.82) is 0 Å². The van der Waals surface area contributed by atoms with Gasteiger partial charge in [-0.15, -0.1) is 24.5 Å². The summed E-state index contributed by atoms with van der Waals surface area (Å²) in [4.78, 5) is 19.4. The van der Waals surface area contributed by atoms with Gasteiger partial charge in [0.2, 0.25) is 0 Å². The Morgan fingerprint density at radius 1 is 1.28 bits per heavy atom. The van der Waals surface area contributed by atoms with Gasteiger partial charge < -0.3 is 13.9 Å². The first-order valence-corrected chi connectivity index (χ1v) is 10.7. The molecule has 2 aromatic heterocycles. The van der Waals surface area contributed by atoms with E-state index in [-0.39, 0.29) is 17.1 Å². The van der Waals surface area contributed by atoms with Crippen molar-refractivity contribution in [2.24, 2.45) is 0 Å². The Morgan fingerprint density at radius 2 is 2.06 bits per heavy atom. The van der Waals surface area contributed by atoms with E-state index in [1.54, 1.807) is 13.0 Å². The van der Waals surface area contributed by atoms with Crippen molar-refractivity contribution in [3.63, 3.8) is 0 Å². The summed E-state index contributed by atoms with van der Waals surface area (Å²) in [6.07, 6.45) is -4.79. The van der Waals surface area contributed by atoms with Gasteiger partial charge in [-0.05, 0) is 25.1 Å². The third-order valence-electron chi connectivity index (χ3n) is 4.78. The number of carbonyl (C=O) groups is 1. The van der Waals surface area contributed by atoms with Crippen LogP contribution in [0.4, 0.5) is 18.3 Å². The SMILES string of the molecule is Cc1oc(-c2cccc(OC(F)(F)F)c2)cc1C(=O)Nc1nc(CN2CCOCC2)cs1. The minimum absolute atomic E-state index is 0.257. The highest BCUT2D eigenvalue weighted by Crippen LogP contribution is 2.31. The Kier molecular flexibility index (Phi) is 6.49. The van der Waals surface area contributed by atoms with Crippen LogP contribution in [0.3, 0.4) is 0 Å². The van der Waals surface area contributed by atoms with Gasteiger partial charge in [0, 0.05) is 30.6 Å². The Bertz CT molecular complexity index is 1090. The van der Waals surface area contributed by atoms with Gasteiger partial charge in [0.15, 0.2) is 5.13 Å². The highest BCUT2D eigenvalue weighted by molar-refractivity contribution is 7.14. The number of carbonyl (C=O) groups excluding carboxylic acids is 1. The predicted octanol–water partition coefficient (Wildman–Crippen LogP) is 4.69. The molecule has 0 atom stereocenters. The second kappa shape index (κ2) is 9.31. The van der Waals surface area contributed by atoms with Crippen molar-refractivity contribution >= 4 is 22.4 Å². The molecule has 1 fully saturated rings. The van der Waals surface area contributed by atoms with Crippen LogP contribution in [-0.4, -0.2) is 48.5 Å². The minimum Gasteiger partial charge on any atom is -0.461 e. The van der Waals surface area contributed by atoms with Gasteiger partial charge in [-0.2, -0.15) is 0 Å². The molecule has 0 spiro atoms. The molecule has 0 unspecified atom stereocenters. The monoisotopic (exact) mass is 467 g/mol. The number of aromatic nitrogens is 1. The van der Waals surface area contributed by atoms with Crippen LogP contribution >= 0.6 is 11.3 Å². The number of halogens is 3. The number of hydrogen-bond donors (Lipinski definition) is 1. The van der Waals surface area contributed by atoms with Crippen molar-refractivity contribution in [2.45, 2.75) is 19.8 Å². The van der Waals surface area contributed by atoms with Crippen LogP contribution < -0.4 is 10.1 Å². The van der Waals surface area contributed by atoms with E-state index in [4.69, 9.17) is 9.15 Å². The normalized spacial score (nSPS) is 15.0. The third-order valence-corrected chi connectivity index (χ3v) is 5.58. The first-order valence-electron chi connectivity index (χ1n) is 9.79. The van der Waals surface area contributed by atoms with E-state index >= 15 is 0 Å². The molecule has 0 bridgehead atoms. The molecule has 11 heteroatoms. The molecule has 0 radical (unpaired) electrons. The second-order valence-electron chi connectivity index (χ2n) is 7.14. The molecule has 0 aliphatic carbocycles. The topological polar surface area (TPSA) is 76.8 Å².